The zero-order valence-corrected chi connectivity index (χ0v) is 7.57. The molecule has 0 spiro atoms. The van der Waals surface area contributed by atoms with E-state index in [0.29, 0.717) is 0 Å². The smallest absolute Gasteiger partial charge is 0.183 e. The molecule has 0 fully saturated rings. The van der Waals surface area contributed by atoms with Crippen molar-refractivity contribution in [1.29, 1.82) is 0 Å². The van der Waals surface area contributed by atoms with Crippen LogP contribution in [0.1, 0.15) is 20.8 Å². The quantitative estimate of drug-likeness (QED) is 0.452. The SMILES string of the molecule is CO/C=N/S(=O)C(C)(C)C. The summed E-state index contributed by atoms with van der Waals surface area (Å²) in [6.45, 7) is 5.57. The normalized spacial score (nSPS) is 15.6. The summed E-state index contributed by atoms with van der Waals surface area (Å²) in [5, 5.41) is 0. The van der Waals surface area contributed by atoms with E-state index in [9.17, 15) is 4.21 Å². The second-order valence-electron chi connectivity index (χ2n) is 2.81. The van der Waals surface area contributed by atoms with Gasteiger partial charge in [-0.05, 0) is 20.8 Å². The van der Waals surface area contributed by atoms with Crippen molar-refractivity contribution in [3.63, 3.8) is 0 Å². The van der Waals surface area contributed by atoms with Gasteiger partial charge in [0.15, 0.2) is 6.40 Å². The molecule has 0 bridgehead atoms. The average molecular weight is 163 g/mol. The molecule has 10 heavy (non-hydrogen) atoms. The molecule has 0 saturated carbocycles. The monoisotopic (exact) mass is 163 g/mol. The van der Waals surface area contributed by atoms with Crippen LogP contribution in [0.25, 0.3) is 0 Å². The van der Waals surface area contributed by atoms with Gasteiger partial charge in [0.05, 0.1) is 11.9 Å². The van der Waals surface area contributed by atoms with Crippen molar-refractivity contribution in [2.75, 3.05) is 7.11 Å². The van der Waals surface area contributed by atoms with Gasteiger partial charge in [0.1, 0.15) is 11.0 Å². The number of ether oxygens (including phenoxy) is 1. The lowest BCUT2D eigenvalue weighted by Crippen LogP contribution is -2.19. The van der Waals surface area contributed by atoms with Crippen LogP contribution >= 0.6 is 0 Å². The van der Waals surface area contributed by atoms with Crippen molar-refractivity contribution in [3.05, 3.63) is 0 Å². The fourth-order valence-corrected chi connectivity index (χ4v) is 0.721. The van der Waals surface area contributed by atoms with Crippen molar-refractivity contribution in [2.45, 2.75) is 25.5 Å². The van der Waals surface area contributed by atoms with E-state index >= 15 is 0 Å². The fraction of sp³-hybridized carbons (Fsp3) is 0.833. The third-order valence-electron chi connectivity index (χ3n) is 0.768. The highest BCUT2D eigenvalue weighted by molar-refractivity contribution is 7.85. The molecular weight excluding hydrogens is 150 g/mol. The van der Waals surface area contributed by atoms with E-state index in [1.54, 1.807) is 0 Å². The Balaban J connectivity index is 3.98. The van der Waals surface area contributed by atoms with Crippen LogP contribution < -0.4 is 0 Å². The second-order valence-corrected chi connectivity index (χ2v) is 4.74. The summed E-state index contributed by atoms with van der Waals surface area (Å²) < 4.78 is 18.9. The number of hydrogen-bond acceptors (Lipinski definition) is 2. The molecule has 1 unspecified atom stereocenters. The first kappa shape index (κ1) is 9.62. The minimum Gasteiger partial charge on any atom is -0.486 e. The number of hydrogen-bond donors (Lipinski definition) is 0. The van der Waals surface area contributed by atoms with Gasteiger partial charge in [0.2, 0.25) is 0 Å². The van der Waals surface area contributed by atoms with E-state index in [1.165, 1.54) is 13.5 Å². The molecule has 0 radical (unpaired) electrons. The molecule has 3 nitrogen and oxygen atoms in total. The maximum Gasteiger partial charge on any atom is 0.183 e. The minimum atomic E-state index is -1.19. The van der Waals surface area contributed by atoms with Crippen LogP contribution in [0.3, 0.4) is 0 Å². The first-order valence-electron chi connectivity index (χ1n) is 2.96. The molecule has 0 aliphatic rings. The highest BCUT2D eigenvalue weighted by atomic mass is 32.2. The zero-order chi connectivity index (χ0) is 8.20. The van der Waals surface area contributed by atoms with Crippen molar-refractivity contribution >= 4 is 17.4 Å². The Hall–Kier alpha value is -0.380. The maximum atomic E-state index is 11.1. The maximum absolute atomic E-state index is 11.1. The van der Waals surface area contributed by atoms with Gasteiger partial charge in [-0.15, -0.1) is 0 Å². The van der Waals surface area contributed by atoms with E-state index in [4.69, 9.17) is 0 Å². The van der Waals surface area contributed by atoms with Gasteiger partial charge < -0.3 is 4.74 Å². The molecule has 0 aromatic rings. The van der Waals surface area contributed by atoms with Gasteiger partial charge in [-0.3, -0.25) is 0 Å². The third kappa shape index (κ3) is 3.61. The molecule has 0 amide bonds. The van der Waals surface area contributed by atoms with Gasteiger partial charge in [0.25, 0.3) is 0 Å². The van der Waals surface area contributed by atoms with Gasteiger partial charge in [-0.2, -0.15) is 4.40 Å². The Morgan fingerprint density at radius 1 is 1.50 bits per heavy atom. The topological polar surface area (TPSA) is 38.7 Å². The molecule has 0 heterocycles. The second kappa shape index (κ2) is 3.71. The van der Waals surface area contributed by atoms with E-state index in [1.807, 2.05) is 20.8 Å². The fourth-order valence-electron chi connectivity index (χ4n) is 0.240. The summed E-state index contributed by atoms with van der Waals surface area (Å²) in [5.41, 5.74) is 0. The van der Waals surface area contributed by atoms with Gasteiger partial charge in [-0.1, -0.05) is 0 Å². The number of rotatable bonds is 2. The molecule has 0 rings (SSSR count). The zero-order valence-electron chi connectivity index (χ0n) is 6.75. The van der Waals surface area contributed by atoms with Crippen LogP contribution in [-0.2, 0) is 15.7 Å². The third-order valence-corrected chi connectivity index (χ3v) is 2.09. The highest BCUT2D eigenvalue weighted by Gasteiger charge is 2.17. The highest BCUT2D eigenvalue weighted by Crippen LogP contribution is 2.11. The number of nitrogens with zero attached hydrogens (tertiary/aromatic N) is 1. The summed E-state index contributed by atoms with van der Waals surface area (Å²) in [6.07, 6.45) is 1.20. The summed E-state index contributed by atoms with van der Waals surface area (Å²) in [4.78, 5) is 0. The van der Waals surface area contributed by atoms with E-state index < -0.39 is 11.0 Å². The molecule has 0 aliphatic heterocycles. The van der Waals surface area contributed by atoms with E-state index in [0.717, 1.165) is 0 Å². The molecule has 60 valence electrons. The Labute approximate surface area is 64.1 Å². The molecule has 0 saturated heterocycles. The standard InChI is InChI=1S/C6H13NO2S/c1-6(2,3)10(8)7-5-9-4/h5H,1-4H3/b7-5+. The summed E-state index contributed by atoms with van der Waals surface area (Å²) in [7, 11) is 0.283. The predicted molar refractivity (Wildman–Crippen MR) is 43.4 cm³/mol. The Kier molecular flexibility index (Phi) is 3.57. The largest absolute Gasteiger partial charge is 0.486 e. The molecule has 4 heteroatoms. The van der Waals surface area contributed by atoms with Gasteiger partial charge in [-0.25, -0.2) is 4.21 Å². The molecule has 0 aromatic heterocycles. The van der Waals surface area contributed by atoms with Crippen LogP contribution in [0.15, 0.2) is 4.40 Å². The van der Waals surface area contributed by atoms with Crippen LogP contribution in [0.4, 0.5) is 0 Å². The van der Waals surface area contributed by atoms with Crippen LogP contribution in [0.2, 0.25) is 0 Å². The predicted octanol–water partition coefficient (Wildman–Crippen LogP) is 1.12. The first-order chi connectivity index (χ1) is 4.48. The van der Waals surface area contributed by atoms with Crippen LogP contribution in [0, 0.1) is 0 Å². The van der Waals surface area contributed by atoms with E-state index in [-0.39, 0.29) is 4.75 Å². The first-order valence-corrected chi connectivity index (χ1v) is 4.06. The van der Waals surface area contributed by atoms with Gasteiger partial charge in [0, 0.05) is 0 Å². The van der Waals surface area contributed by atoms with E-state index in [2.05, 4.69) is 9.13 Å². The lowest BCUT2D eigenvalue weighted by Gasteiger charge is -2.11. The Morgan fingerprint density at radius 3 is 2.30 bits per heavy atom. The summed E-state index contributed by atoms with van der Waals surface area (Å²) in [6, 6.07) is 0. The van der Waals surface area contributed by atoms with Crippen molar-refractivity contribution in [3.8, 4) is 0 Å². The molecule has 0 aromatic carbocycles. The van der Waals surface area contributed by atoms with Crippen molar-refractivity contribution in [2.24, 2.45) is 4.40 Å². The van der Waals surface area contributed by atoms with Crippen LogP contribution in [-0.4, -0.2) is 22.5 Å². The Bertz CT molecular complexity index is 148. The molecular formula is C6H13NO2S. The summed E-state index contributed by atoms with van der Waals surface area (Å²) >= 11 is 0. The Morgan fingerprint density at radius 2 is 2.00 bits per heavy atom. The minimum absolute atomic E-state index is 0.297. The lowest BCUT2D eigenvalue weighted by atomic mass is 10.3. The molecule has 0 N–H and O–H groups in total. The molecule has 1 atom stereocenters. The van der Waals surface area contributed by atoms with Crippen LogP contribution in [0.5, 0.6) is 0 Å². The van der Waals surface area contributed by atoms with Crippen molar-refractivity contribution in [1.82, 2.24) is 0 Å². The lowest BCUT2D eigenvalue weighted by molar-refractivity contribution is 0.424. The summed E-state index contributed by atoms with van der Waals surface area (Å²) in [5.74, 6) is 0. The molecule has 0 aliphatic carbocycles. The van der Waals surface area contributed by atoms with Crippen molar-refractivity contribution < 1.29 is 8.95 Å². The average Bonchev–Trinajstić information content (AvgIpc) is 1.80. The number of methoxy groups -OCH3 is 1. The van der Waals surface area contributed by atoms with Gasteiger partial charge >= 0.3 is 0 Å².